The van der Waals surface area contributed by atoms with Crippen LogP contribution in [-0.4, -0.2) is 43.7 Å². The van der Waals surface area contributed by atoms with E-state index in [1.165, 1.54) is 18.2 Å². The van der Waals surface area contributed by atoms with Gasteiger partial charge in [0, 0.05) is 11.8 Å². The first-order valence-corrected chi connectivity index (χ1v) is 12.2. The second-order valence-corrected chi connectivity index (χ2v) is 9.27. The number of aromatic nitrogens is 3. The second kappa shape index (κ2) is 9.25. The number of fused-ring (bicyclic) bond motifs is 1. The van der Waals surface area contributed by atoms with Gasteiger partial charge in [-0.05, 0) is 39.0 Å². The molecule has 37 heavy (non-hydrogen) atoms. The minimum atomic E-state index is -1.34. The summed E-state index contributed by atoms with van der Waals surface area (Å²) in [6.07, 6.45) is 1.66. The molecule has 1 fully saturated rings. The Morgan fingerprint density at radius 1 is 1.11 bits per heavy atom. The first-order chi connectivity index (χ1) is 17.7. The number of benzene rings is 1. The molecule has 1 aliphatic rings. The van der Waals surface area contributed by atoms with Crippen LogP contribution in [0.2, 0.25) is 0 Å². The summed E-state index contributed by atoms with van der Waals surface area (Å²) in [5.41, 5.74) is 1.11. The Morgan fingerprint density at radius 2 is 1.84 bits per heavy atom. The van der Waals surface area contributed by atoms with Crippen LogP contribution in [0.4, 0.5) is 9.52 Å². The molecule has 1 saturated heterocycles. The van der Waals surface area contributed by atoms with Crippen molar-refractivity contribution >= 4 is 45.5 Å². The largest absolute Gasteiger partial charge is 0.505 e. The summed E-state index contributed by atoms with van der Waals surface area (Å²) in [6.45, 7) is 5.03. The van der Waals surface area contributed by atoms with Crippen molar-refractivity contribution in [3.63, 3.8) is 0 Å². The number of pyridine rings is 1. The molecule has 0 bridgehead atoms. The highest BCUT2D eigenvalue weighted by Crippen LogP contribution is 2.44. The van der Waals surface area contributed by atoms with E-state index in [-0.39, 0.29) is 33.4 Å². The van der Waals surface area contributed by atoms with Crippen molar-refractivity contribution in [3.8, 4) is 0 Å². The van der Waals surface area contributed by atoms with E-state index >= 15 is 4.39 Å². The first-order valence-electron chi connectivity index (χ1n) is 11.4. The van der Waals surface area contributed by atoms with Crippen molar-refractivity contribution < 1.29 is 28.6 Å². The van der Waals surface area contributed by atoms with Crippen LogP contribution in [0, 0.1) is 19.7 Å². The maximum absolute atomic E-state index is 15.1. The maximum atomic E-state index is 15.1. The standard InChI is InChI=1S/C26H21FN4O5S/c1-4-36-25(35)23-14(3)29-26(37-23)31-20(15-9-5-6-10-16(15)27)18(22(33)24(31)34)21(32)19-13(2)28-17-11-7-8-12-30(17)19/h5-12,20,32H,4H2,1-3H3/b21-18+. The summed E-state index contributed by atoms with van der Waals surface area (Å²) >= 11 is 0.855. The number of carbonyl (C=O) groups excluding carboxylic acids is 3. The number of esters is 1. The third-order valence-corrected chi connectivity index (χ3v) is 7.16. The van der Waals surface area contributed by atoms with Crippen molar-refractivity contribution in [1.29, 1.82) is 0 Å². The Kier molecular flexibility index (Phi) is 6.08. The maximum Gasteiger partial charge on any atom is 0.350 e. The predicted molar refractivity (Wildman–Crippen MR) is 134 cm³/mol. The number of anilines is 1. The molecule has 11 heteroatoms. The van der Waals surface area contributed by atoms with Gasteiger partial charge in [-0.15, -0.1) is 0 Å². The number of aliphatic hydroxyl groups is 1. The minimum absolute atomic E-state index is 0.00446. The third-order valence-electron chi connectivity index (χ3n) is 6.02. The summed E-state index contributed by atoms with van der Waals surface area (Å²) in [4.78, 5) is 49.1. The molecule has 1 N–H and O–H groups in total. The Balaban J connectivity index is 1.76. The van der Waals surface area contributed by atoms with Gasteiger partial charge in [0.1, 0.15) is 28.1 Å². The molecule has 5 rings (SSSR count). The smallest absolute Gasteiger partial charge is 0.350 e. The van der Waals surface area contributed by atoms with Crippen molar-refractivity contribution in [2.75, 3.05) is 11.5 Å². The van der Waals surface area contributed by atoms with E-state index in [4.69, 9.17) is 4.74 Å². The number of imidazole rings is 1. The molecular formula is C26H21FN4O5S. The quantitative estimate of drug-likeness (QED) is 0.180. The van der Waals surface area contributed by atoms with Crippen LogP contribution in [0.25, 0.3) is 11.4 Å². The van der Waals surface area contributed by atoms with Crippen LogP contribution in [0.1, 0.15) is 45.3 Å². The Morgan fingerprint density at radius 3 is 2.57 bits per heavy atom. The number of hydrogen-bond donors (Lipinski definition) is 1. The van der Waals surface area contributed by atoms with Crippen molar-refractivity contribution in [3.05, 3.63) is 87.6 Å². The van der Waals surface area contributed by atoms with Gasteiger partial charge in [0.05, 0.1) is 23.6 Å². The Hall–Kier alpha value is -4.38. The van der Waals surface area contributed by atoms with Gasteiger partial charge in [0.2, 0.25) is 0 Å². The van der Waals surface area contributed by atoms with E-state index in [0.717, 1.165) is 16.2 Å². The number of carbonyl (C=O) groups is 3. The normalized spacial score (nSPS) is 17.1. The Labute approximate surface area is 214 Å². The number of rotatable bonds is 5. The number of aliphatic hydroxyl groups excluding tert-OH is 1. The predicted octanol–water partition coefficient (Wildman–Crippen LogP) is 4.35. The van der Waals surface area contributed by atoms with Gasteiger partial charge in [0.15, 0.2) is 10.9 Å². The van der Waals surface area contributed by atoms with E-state index < -0.39 is 35.3 Å². The van der Waals surface area contributed by atoms with Gasteiger partial charge in [-0.2, -0.15) is 0 Å². The highest BCUT2D eigenvalue weighted by atomic mass is 32.1. The van der Waals surface area contributed by atoms with Crippen LogP contribution >= 0.6 is 11.3 Å². The number of aryl methyl sites for hydroxylation is 2. The fourth-order valence-electron chi connectivity index (χ4n) is 4.42. The lowest BCUT2D eigenvalue weighted by atomic mass is 9.96. The monoisotopic (exact) mass is 520 g/mol. The average Bonchev–Trinajstić information content (AvgIpc) is 3.50. The summed E-state index contributed by atoms with van der Waals surface area (Å²) in [6, 6.07) is 9.57. The zero-order chi connectivity index (χ0) is 26.4. The molecule has 1 amide bonds. The van der Waals surface area contributed by atoms with Gasteiger partial charge in [-0.1, -0.05) is 35.6 Å². The second-order valence-electron chi connectivity index (χ2n) is 8.30. The topological polar surface area (TPSA) is 114 Å². The molecule has 0 radical (unpaired) electrons. The van der Waals surface area contributed by atoms with Crippen LogP contribution in [0.3, 0.4) is 0 Å². The molecule has 4 heterocycles. The van der Waals surface area contributed by atoms with Crippen LogP contribution < -0.4 is 4.90 Å². The van der Waals surface area contributed by atoms with Crippen LogP contribution in [0.5, 0.6) is 0 Å². The average molecular weight is 521 g/mol. The lowest BCUT2D eigenvalue weighted by Gasteiger charge is -2.23. The highest BCUT2D eigenvalue weighted by Gasteiger charge is 2.49. The van der Waals surface area contributed by atoms with Crippen LogP contribution in [0.15, 0.2) is 54.2 Å². The minimum Gasteiger partial charge on any atom is -0.505 e. The van der Waals surface area contributed by atoms with Gasteiger partial charge in [-0.3, -0.25) is 18.9 Å². The lowest BCUT2D eigenvalue weighted by Crippen LogP contribution is -2.29. The molecule has 1 unspecified atom stereocenters. The van der Waals surface area contributed by atoms with Crippen molar-refractivity contribution in [2.45, 2.75) is 26.8 Å². The van der Waals surface area contributed by atoms with Gasteiger partial charge in [0.25, 0.3) is 5.78 Å². The van der Waals surface area contributed by atoms with E-state index in [1.54, 1.807) is 55.6 Å². The van der Waals surface area contributed by atoms with Crippen molar-refractivity contribution in [1.82, 2.24) is 14.4 Å². The molecular weight excluding hydrogens is 499 g/mol. The van der Waals surface area contributed by atoms with Crippen LogP contribution in [-0.2, 0) is 14.3 Å². The molecule has 1 aromatic carbocycles. The number of ether oxygens (including phenoxy) is 1. The summed E-state index contributed by atoms with van der Waals surface area (Å²) in [5.74, 6) is -3.82. The zero-order valence-electron chi connectivity index (χ0n) is 20.1. The third kappa shape index (κ3) is 3.87. The van der Waals surface area contributed by atoms with E-state index in [2.05, 4.69) is 9.97 Å². The van der Waals surface area contributed by atoms with Crippen molar-refractivity contribution in [2.24, 2.45) is 0 Å². The zero-order valence-corrected chi connectivity index (χ0v) is 20.9. The van der Waals surface area contributed by atoms with Gasteiger partial charge >= 0.3 is 11.9 Å². The Bertz CT molecular complexity index is 1620. The molecule has 1 atom stereocenters. The molecule has 0 spiro atoms. The fourth-order valence-corrected chi connectivity index (χ4v) is 5.41. The first kappa shape index (κ1) is 24.3. The van der Waals surface area contributed by atoms with E-state index in [0.29, 0.717) is 17.0 Å². The number of thiazole rings is 1. The summed E-state index contributed by atoms with van der Waals surface area (Å²) < 4.78 is 21.8. The van der Waals surface area contributed by atoms with Gasteiger partial charge < -0.3 is 9.84 Å². The van der Waals surface area contributed by atoms with E-state index in [9.17, 15) is 19.5 Å². The number of ketones is 1. The summed E-state index contributed by atoms with van der Waals surface area (Å²) in [7, 11) is 0. The molecule has 9 nitrogen and oxygen atoms in total. The number of hydrogen-bond acceptors (Lipinski definition) is 8. The number of halogens is 1. The summed E-state index contributed by atoms with van der Waals surface area (Å²) in [5, 5.41) is 11.5. The number of nitrogens with zero attached hydrogens (tertiary/aromatic N) is 4. The number of Topliss-reactive ketones (excluding diaryl/α,β-unsaturated/α-hetero) is 1. The molecule has 3 aromatic heterocycles. The molecule has 4 aromatic rings. The lowest BCUT2D eigenvalue weighted by molar-refractivity contribution is -0.132. The molecule has 0 aliphatic carbocycles. The fraction of sp³-hybridized carbons (Fsp3) is 0.192. The SMILES string of the molecule is CCOC(=O)c1sc(N2C(=O)C(=O)/C(=C(/O)c3c(C)nc4ccccn34)C2c2ccccc2F)nc1C. The van der Waals surface area contributed by atoms with Gasteiger partial charge in [-0.25, -0.2) is 19.2 Å². The molecule has 1 aliphatic heterocycles. The number of amides is 1. The highest BCUT2D eigenvalue weighted by molar-refractivity contribution is 7.17. The molecule has 188 valence electrons. The van der Waals surface area contributed by atoms with E-state index in [1.807, 2.05) is 0 Å². The molecule has 0 saturated carbocycles.